The maximum absolute atomic E-state index is 12.5. The second kappa shape index (κ2) is 9.36. The van der Waals surface area contributed by atoms with E-state index in [1.165, 1.54) is 0 Å². The van der Waals surface area contributed by atoms with Crippen LogP contribution in [-0.2, 0) is 4.79 Å². The Balaban J connectivity index is 1.65. The molecule has 0 fully saturated rings. The van der Waals surface area contributed by atoms with Crippen LogP contribution in [0.2, 0.25) is 0 Å². The lowest BCUT2D eigenvalue weighted by atomic mass is 10.0. The molecule has 0 aliphatic heterocycles. The first-order valence-electron chi connectivity index (χ1n) is 9.84. The van der Waals surface area contributed by atoms with Crippen LogP contribution in [0, 0.1) is 0 Å². The Hall–Kier alpha value is -3.77. The maximum atomic E-state index is 12.5. The summed E-state index contributed by atoms with van der Waals surface area (Å²) in [6, 6.07) is 22.3. The normalized spacial score (nSPS) is 11.0. The summed E-state index contributed by atoms with van der Waals surface area (Å²) >= 11 is 0. The zero-order valence-electron chi connectivity index (χ0n) is 17.4. The largest absolute Gasteiger partial charge is 0.481 e. The summed E-state index contributed by atoms with van der Waals surface area (Å²) in [4.78, 5) is 35.7. The number of carboxylic acid groups (broad SMARTS) is 1. The summed E-state index contributed by atoms with van der Waals surface area (Å²) in [5.74, 6) is -1.11. The molecular weight excluding hydrogens is 394 g/mol. The number of hydrogen-bond acceptors (Lipinski definition) is 4. The van der Waals surface area contributed by atoms with Crippen LogP contribution in [0.25, 0.3) is 0 Å². The van der Waals surface area contributed by atoms with Crippen LogP contribution in [0.1, 0.15) is 32.7 Å². The van der Waals surface area contributed by atoms with Gasteiger partial charge in [-0.1, -0.05) is 30.3 Å². The molecule has 0 unspecified atom stereocenters. The highest BCUT2D eigenvalue weighted by Crippen LogP contribution is 2.21. The number of hydrogen-bond donors (Lipinski definition) is 1. The molecule has 0 amide bonds. The second-order valence-corrected chi connectivity index (χ2v) is 7.71. The van der Waals surface area contributed by atoms with Crippen molar-refractivity contribution in [1.82, 2.24) is 4.48 Å². The molecule has 6 nitrogen and oxygen atoms in total. The van der Waals surface area contributed by atoms with Gasteiger partial charge in [-0.3, -0.25) is 14.1 Å². The smallest absolute Gasteiger partial charge is 0.343 e. The number of ether oxygens (including phenoxy) is 1. The van der Waals surface area contributed by atoms with Crippen molar-refractivity contribution in [3.63, 3.8) is 0 Å². The van der Waals surface area contributed by atoms with E-state index in [-0.39, 0.29) is 12.2 Å². The first-order valence-corrected chi connectivity index (χ1v) is 9.84. The molecule has 3 rings (SSSR count). The third-order valence-corrected chi connectivity index (χ3v) is 5.05. The van der Waals surface area contributed by atoms with E-state index in [4.69, 9.17) is 9.84 Å². The number of aliphatic carboxylic acids is 1. The lowest BCUT2D eigenvalue weighted by Gasteiger charge is -2.28. The first-order chi connectivity index (χ1) is 14.8. The van der Waals surface area contributed by atoms with E-state index in [1.54, 1.807) is 72.8 Å². The van der Waals surface area contributed by atoms with Gasteiger partial charge >= 0.3 is 11.9 Å². The summed E-state index contributed by atoms with van der Waals surface area (Å²) in [5.41, 5.74) is 2.38. The average Bonchev–Trinajstić information content (AvgIpc) is 2.78. The Labute approximate surface area is 180 Å². The minimum atomic E-state index is -0.845. The number of carboxylic acids is 1. The minimum absolute atomic E-state index is 0.0551. The summed E-state index contributed by atoms with van der Waals surface area (Å²) < 4.78 is 5.80. The van der Waals surface area contributed by atoms with Gasteiger partial charge < -0.3 is 9.84 Å². The number of quaternary nitrogens is 1. The summed E-state index contributed by atoms with van der Waals surface area (Å²) in [5, 5.41) is 8.90. The van der Waals surface area contributed by atoms with Gasteiger partial charge in [0.05, 0.1) is 32.6 Å². The van der Waals surface area contributed by atoms with Gasteiger partial charge in [0, 0.05) is 11.1 Å². The molecule has 158 valence electrons. The van der Waals surface area contributed by atoms with E-state index in [1.807, 2.05) is 20.2 Å². The van der Waals surface area contributed by atoms with Crippen LogP contribution in [0.3, 0.4) is 0 Å². The number of benzene rings is 3. The van der Waals surface area contributed by atoms with Crippen molar-refractivity contribution >= 4 is 23.4 Å². The third kappa shape index (κ3) is 5.65. The molecule has 0 aliphatic rings. The van der Waals surface area contributed by atoms with Crippen molar-refractivity contribution in [2.24, 2.45) is 0 Å². The zero-order valence-corrected chi connectivity index (χ0v) is 17.4. The van der Waals surface area contributed by atoms with Crippen LogP contribution >= 0.6 is 0 Å². The van der Waals surface area contributed by atoms with E-state index in [0.29, 0.717) is 33.5 Å². The van der Waals surface area contributed by atoms with Crippen molar-refractivity contribution in [1.29, 1.82) is 0 Å². The van der Waals surface area contributed by atoms with Crippen molar-refractivity contribution in [2.75, 3.05) is 20.6 Å². The first kappa shape index (κ1) is 21.9. The van der Waals surface area contributed by atoms with E-state index >= 15 is 0 Å². The highest BCUT2D eigenvalue weighted by atomic mass is 16.5. The monoisotopic (exact) mass is 418 g/mol. The lowest BCUT2D eigenvalue weighted by Crippen LogP contribution is -2.42. The Kier molecular flexibility index (Phi) is 6.62. The predicted octanol–water partition coefficient (Wildman–Crippen LogP) is 4.18. The van der Waals surface area contributed by atoms with Gasteiger partial charge in [-0.2, -0.15) is 0 Å². The average molecular weight is 418 g/mol. The van der Waals surface area contributed by atoms with Gasteiger partial charge in [0.15, 0.2) is 5.78 Å². The molecule has 0 spiro atoms. The molecule has 0 heterocycles. The van der Waals surface area contributed by atoms with Crippen molar-refractivity contribution in [2.45, 2.75) is 6.42 Å². The molecule has 1 N–H and O–H groups in total. The SMILES string of the molecule is C[N+](C)(CCC(=O)O)c1ccc(C(=O)Oc2ccc(C(=O)c3ccccc3)cc2)cc1. The molecule has 0 saturated carbocycles. The molecule has 0 aromatic heterocycles. The van der Waals surface area contributed by atoms with Gasteiger partial charge in [-0.25, -0.2) is 4.79 Å². The molecule has 0 radical (unpaired) electrons. The van der Waals surface area contributed by atoms with Crippen LogP contribution in [-0.4, -0.2) is 43.5 Å². The van der Waals surface area contributed by atoms with E-state index < -0.39 is 11.9 Å². The summed E-state index contributed by atoms with van der Waals surface area (Å²) in [6.07, 6.45) is 0.0551. The number of nitrogens with zero attached hydrogens (tertiary/aromatic N) is 1. The maximum Gasteiger partial charge on any atom is 0.343 e. The Morgan fingerprint density at radius 1 is 0.774 bits per heavy atom. The molecule has 31 heavy (non-hydrogen) atoms. The molecular formula is C25H24NO5+. The van der Waals surface area contributed by atoms with Crippen LogP contribution < -0.4 is 9.22 Å². The van der Waals surface area contributed by atoms with Crippen LogP contribution in [0.4, 0.5) is 5.69 Å². The van der Waals surface area contributed by atoms with E-state index in [9.17, 15) is 14.4 Å². The molecule has 3 aromatic carbocycles. The summed E-state index contributed by atoms with van der Waals surface area (Å²) in [6.45, 7) is 0.438. The predicted molar refractivity (Wildman–Crippen MR) is 118 cm³/mol. The Morgan fingerprint density at radius 3 is 1.90 bits per heavy atom. The van der Waals surface area contributed by atoms with Crippen molar-refractivity contribution in [3.8, 4) is 5.75 Å². The minimum Gasteiger partial charge on any atom is -0.481 e. The van der Waals surface area contributed by atoms with Crippen molar-refractivity contribution < 1.29 is 24.2 Å². The zero-order chi connectivity index (χ0) is 22.4. The highest BCUT2D eigenvalue weighted by molar-refractivity contribution is 6.09. The molecule has 0 saturated heterocycles. The molecule has 3 aromatic rings. The molecule has 0 aliphatic carbocycles. The van der Waals surface area contributed by atoms with Crippen LogP contribution in [0.5, 0.6) is 5.75 Å². The standard InChI is InChI=1S/C25H23NO5/c1-26(2,17-16-23(27)28)21-12-8-20(9-13-21)25(30)31-22-14-10-19(11-15-22)24(29)18-6-4-3-5-7-18/h3-15H,16-17H2,1-2H3/p+1. The Bertz CT molecular complexity index is 1070. The number of rotatable bonds is 8. The van der Waals surface area contributed by atoms with Gasteiger partial charge in [-0.05, 0) is 48.5 Å². The Morgan fingerprint density at radius 2 is 1.32 bits per heavy atom. The van der Waals surface area contributed by atoms with E-state index in [2.05, 4.69) is 0 Å². The molecule has 0 atom stereocenters. The van der Waals surface area contributed by atoms with Gasteiger partial charge in [0.25, 0.3) is 0 Å². The van der Waals surface area contributed by atoms with Gasteiger partial charge in [-0.15, -0.1) is 0 Å². The highest BCUT2D eigenvalue weighted by Gasteiger charge is 2.21. The number of carbonyl (C=O) groups excluding carboxylic acids is 2. The second-order valence-electron chi connectivity index (χ2n) is 7.71. The topological polar surface area (TPSA) is 80.7 Å². The third-order valence-electron chi connectivity index (χ3n) is 5.05. The fourth-order valence-corrected chi connectivity index (χ4v) is 3.10. The van der Waals surface area contributed by atoms with Crippen molar-refractivity contribution in [3.05, 3.63) is 95.6 Å². The quantitative estimate of drug-likeness (QED) is 0.257. The number of ketones is 1. The fourth-order valence-electron chi connectivity index (χ4n) is 3.10. The lowest BCUT2D eigenvalue weighted by molar-refractivity contribution is -0.137. The van der Waals surface area contributed by atoms with E-state index in [0.717, 1.165) is 5.69 Å². The molecule has 0 bridgehead atoms. The fraction of sp³-hybridized carbons (Fsp3) is 0.160. The summed E-state index contributed by atoms with van der Waals surface area (Å²) in [7, 11) is 3.82. The van der Waals surface area contributed by atoms with Gasteiger partial charge in [0.2, 0.25) is 0 Å². The number of esters is 1. The molecule has 6 heteroatoms. The number of carbonyl (C=O) groups is 3. The van der Waals surface area contributed by atoms with Gasteiger partial charge in [0.1, 0.15) is 11.4 Å². The van der Waals surface area contributed by atoms with Crippen LogP contribution in [0.15, 0.2) is 78.9 Å².